The minimum atomic E-state index is -0.507. The van der Waals surface area contributed by atoms with Crippen LogP contribution in [-0.2, 0) is 0 Å². The molecule has 0 saturated heterocycles. The van der Waals surface area contributed by atoms with Gasteiger partial charge in [-0.3, -0.25) is 10.1 Å². The summed E-state index contributed by atoms with van der Waals surface area (Å²) < 4.78 is 5.43. The highest BCUT2D eigenvalue weighted by molar-refractivity contribution is 5.95. The Hall–Kier alpha value is -3.16. The summed E-state index contributed by atoms with van der Waals surface area (Å²) >= 11 is 0. The smallest absolute Gasteiger partial charge is 0.273 e. The lowest BCUT2D eigenvalue weighted by molar-refractivity contribution is -0.384. The number of benzene rings is 1. The van der Waals surface area contributed by atoms with E-state index >= 15 is 0 Å². The van der Waals surface area contributed by atoms with Crippen molar-refractivity contribution in [1.29, 1.82) is 0 Å². The van der Waals surface area contributed by atoms with E-state index in [1.807, 2.05) is 0 Å². The highest BCUT2D eigenvalue weighted by atomic mass is 16.6. The maximum Gasteiger partial charge on any atom is 0.273 e. The lowest BCUT2D eigenvalue weighted by atomic mass is 10.3. The van der Waals surface area contributed by atoms with Gasteiger partial charge in [0, 0.05) is 6.07 Å². The highest BCUT2D eigenvalue weighted by Crippen LogP contribution is 2.24. The first-order valence-corrected chi connectivity index (χ1v) is 5.46. The number of nitrogens with zero attached hydrogens (tertiary/aromatic N) is 3. The van der Waals surface area contributed by atoms with Crippen LogP contribution in [-0.4, -0.2) is 21.0 Å². The second-order valence-corrected chi connectivity index (χ2v) is 3.72. The van der Waals surface area contributed by atoms with Gasteiger partial charge in [-0.05, 0) is 18.2 Å². The zero-order valence-electron chi connectivity index (χ0n) is 10.1. The number of non-ortho nitro benzene ring substituents is 1. The van der Waals surface area contributed by atoms with Crippen molar-refractivity contribution in [2.24, 2.45) is 10.9 Å². The number of amidine groups is 1. The molecule has 1 aromatic heterocycles. The van der Waals surface area contributed by atoms with Gasteiger partial charge in [-0.1, -0.05) is 11.2 Å². The second kappa shape index (κ2) is 5.65. The van der Waals surface area contributed by atoms with Crippen molar-refractivity contribution >= 4 is 11.5 Å². The molecule has 0 fully saturated rings. The fourth-order valence-corrected chi connectivity index (χ4v) is 1.44. The van der Waals surface area contributed by atoms with Crippen LogP contribution in [0.2, 0.25) is 0 Å². The van der Waals surface area contributed by atoms with E-state index in [0.717, 1.165) is 0 Å². The number of nitrogens with two attached hydrogens (primary N) is 1. The van der Waals surface area contributed by atoms with E-state index in [4.69, 9.17) is 15.7 Å². The zero-order chi connectivity index (χ0) is 14.5. The van der Waals surface area contributed by atoms with E-state index in [2.05, 4.69) is 10.1 Å². The number of nitro benzene ring substituents is 1. The molecule has 0 amide bonds. The van der Waals surface area contributed by atoms with Crippen molar-refractivity contribution in [3.05, 3.63) is 58.4 Å². The number of pyridine rings is 1. The summed E-state index contributed by atoms with van der Waals surface area (Å²) in [5.41, 5.74) is 5.60. The lowest BCUT2D eigenvalue weighted by Crippen LogP contribution is -2.14. The standard InChI is InChI=1S/C12H10N4O4/c13-12(15-17)11-5-4-10(7-14-11)20-9-3-1-2-8(6-9)16(18)19/h1-7,17H,(H2,13,15). The SMILES string of the molecule is N/C(=N/O)c1ccc(Oc2cccc([N+](=O)[O-])c2)cn1. The van der Waals surface area contributed by atoms with Crippen molar-refractivity contribution in [2.75, 3.05) is 0 Å². The zero-order valence-corrected chi connectivity index (χ0v) is 10.1. The molecular weight excluding hydrogens is 264 g/mol. The van der Waals surface area contributed by atoms with Gasteiger partial charge in [0.15, 0.2) is 5.84 Å². The molecule has 3 N–H and O–H groups in total. The summed E-state index contributed by atoms with van der Waals surface area (Å²) in [6.07, 6.45) is 1.37. The highest BCUT2D eigenvalue weighted by Gasteiger charge is 2.07. The molecule has 0 atom stereocenters. The number of nitro groups is 1. The average Bonchev–Trinajstić information content (AvgIpc) is 2.47. The normalized spacial score (nSPS) is 11.1. The molecule has 2 rings (SSSR count). The topological polar surface area (TPSA) is 124 Å². The van der Waals surface area contributed by atoms with E-state index in [9.17, 15) is 10.1 Å². The van der Waals surface area contributed by atoms with E-state index in [-0.39, 0.29) is 11.5 Å². The van der Waals surface area contributed by atoms with Gasteiger partial charge in [-0.15, -0.1) is 0 Å². The molecule has 0 unspecified atom stereocenters. The first-order valence-electron chi connectivity index (χ1n) is 5.46. The third-order valence-electron chi connectivity index (χ3n) is 2.37. The number of ether oxygens (including phenoxy) is 1. The Morgan fingerprint density at radius 3 is 2.75 bits per heavy atom. The summed E-state index contributed by atoms with van der Waals surface area (Å²) in [4.78, 5) is 14.1. The van der Waals surface area contributed by atoms with Gasteiger partial charge in [0.2, 0.25) is 0 Å². The van der Waals surface area contributed by atoms with Gasteiger partial charge >= 0.3 is 0 Å². The minimum Gasteiger partial charge on any atom is -0.455 e. The van der Waals surface area contributed by atoms with Gasteiger partial charge in [0.1, 0.15) is 17.2 Å². The Kier molecular flexibility index (Phi) is 3.75. The van der Waals surface area contributed by atoms with Crippen LogP contribution in [0.3, 0.4) is 0 Å². The van der Waals surface area contributed by atoms with Crippen LogP contribution in [0.5, 0.6) is 11.5 Å². The maximum atomic E-state index is 10.6. The van der Waals surface area contributed by atoms with Crippen molar-refractivity contribution in [2.45, 2.75) is 0 Å². The van der Waals surface area contributed by atoms with E-state index in [1.165, 1.54) is 30.5 Å². The molecule has 8 nitrogen and oxygen atoms in total. The monoisotopic (exact) mass is 274 g/mol. The molecule has 8 heteroatoms. The molecule has 20 heavy (non-hydrogen) atoms. The molecule has 2 aromatic rings. The summed E-state index contributed by atoms with van der Waals surface area (Å²) in [7, 11) is 0. The Bertz CT molecular complexity index is 655. The quantitative estimate of drug-likeness (QED) is 0.288. The molecule has 0 radical (unpaired) electrons. The van der Waals surface area contributed by atoms with E-state index < -0.39 is 4.92 Å². The number of aromatic nitrogens is 1. The molecule has 0 saturated carbocycles. The Balaban J connectivity index is 2.18. The van der Waals surface area contributed by atoms with Crippen LogP contribution in [0.4, 0.5) is 5.69 Å². The van der Waals surface area contributed by atoms with Crippen molar-refractivity contribution in [3.8, 4) is 11.5 Å². The maximum absolute atomic E-state index is 10.6. The van der Waals surface area contributed by atoms with Crippen molar-refractivity contribution < 1.29 is 14.9 Å². The first kappa shape index (κ1) is 13.3. The Labute approximate surface area is 113 Å². The number of hydrogen-bond acceptors (Lipinski definition) is 6. The summed E-state index contributed by atoms with van der Waals surface area (Å²) in [6.45, 7) is 0. The number of oxime groups is 1. The van der Waals surface area contributed by atoms with Gasteiger partial charge in [-0.2, -0.15) is 0 Å². The minimum absolute atomic E-state index is 0.0660. The fourth-order valence-electron chi connectivity index (χ4n) is 1.44. The Morgan fingerprint density at radius 1 is 1.35 bits per heavy atom. The van der Waals surface area contributed by atoms with Gasteiger partial charge in [0.05, 0.1) is 17.2 Å². The predicted octanol–water partition coefficient (Wildman–Crippen LogP) is 1.88. The first-order chi connectivity index (χ1) is 9.60. The van der Waals surface area contributed by atoms with E-state index in [1.54, 1.807) is 12.1 Å². The molecule has 1 heterocycles. The van der Waals surface area contributed by atoms with Gasteiger partial charge < -0.3 is 15.7 Å². The molecule has 1 aromatic carbocycles. The second-order valence-electron chi connectivity index (χ2n) is 3.72. The largest absolute Gasteiger partial charge is 0.455 e. The van der Waals surface area contributed by atoms with E-state index in [0.29, 0.717) is 17.2 Å². The van der Waals surface area contributed by atoms with Crippen LogP contribution in [0, 0.1) is 10.1 Å². The summed E-state index contributed by atoms with van der Waals surface area (Å²) in [5.74, 6) is 0.574. The third-order valence-corrected chi connectivity index (χ3v) is 2.37. The number of hydrogen-bond donors (Lipinski definition) is 2. The van der Waals surface area contributed by atoms with Crippen LogP contribution in [0.15, 0.2) is 47.8 Å². The summed E-state index contributed by atoms with van der Waals surface area (Å²) in [6, 6.07) is 8.83. The molecule has 0 bridgehead atoms. The molecule has 0 aliphatic rings. The lowest BCUT2D eigenvalue weighted by Gasteiger charge is -2.05. The summed E-state index contributed by atoms with van der Waals surface area (Å²) in [5, 5.41) is 22.0. The molecule has 0 aliphatic heterocycles. The Morgan fingerprint density at radius 2 is 2.15 bits per heavy atom. The molecule has 0 spiro atoms. The van der Waals surface area contributed by atoms with Crippen molar-refractivity contribution in [1.82, 2.24) is 4.98 Å². The molecule has 0 aliphatic carbocycles. The van der Waals surface area contributed by atoms with Crippen LogP contribution in [0.25, 0.3) is 0 Å². The predicted molar refractivity (Wildman–Crippen MR) is 69.9 cm³/mol. The average molecular weight is 274 g/mol. The number of rotatable bonds is 4. The van der Waals surface area contributed by atoms with Gasteiger partial charge in [0.25, 0.3) is 5.69 Å². The molecular formula is C12H10N4O4. The van der Waals surface area contributed by atoms with Crippen molar-refractivity contribution in [3.63, 3.8) is 0 Å². The van der Waals surface area contributed by atoms with Crippen LogP contribution < -0.4 is 10.5 Å². The third kappa shape index (κ3) is 2.99. The van der Waals surface area contributed by atoms with Gasteiger partial charge in [-0.25, -0.2) is 4.98 Å². The molecule has 102 valence electrons. The van der Waals surface area contributed by atoms with Crippen LogP contribution >= 0.6 is 0 Å². The van der Waals surface area contributed by atoms with Crippen LogP contribution in [0.1, 0.15) is 5.69 Å². The fraction of sp³-hybridized carbons (Fsp3) is 0.